The van der Waals surface area contributed by atoms with Crippen molar-refractivity contribution in [2.75, 3.05) is 0 Å². The van der Waals surface area contributed by atoms with Crippen molar-refractivity contribution in [3.8, 4) is 11.1 Å². The highest BCUT2D eigenvalue weighted by molar-refractivity contribution is 5.98. The van der Waals surface area contributed by atoms with Gasteiger partial charge in [-0.1, -0.05) is 103 Å². The minimum Gasteiger partial charge on any atom is -0.0616 e. The smallest absolute Gasteiger partial charge is 0.0103 e. The molecule has 4 aromatic carbocycles. The van der Waals surface area contributed by atoms with Crippen molar-refractivity contribution in [3.63, 3.8) is 0 Å². The lowest BCUT2D eigenvalue weighted by Gasteiger charge is -2.09. The van der Waals surface area contributed by atoms with Gasteiger partial charge in [0, 0.05) is 0 Å². The summed E-state index contributed by atoms with van der Waals surface area (Å²) in [7, 11) is 0. The lowest BCUT2D eigenvalue weighted by Crippen LogP contribution is -1.84. The molecule has 0 nitrogen and oxygen atoms in total. The summed E-state index contributed by atoms with van der Waals surface area (Å²) in [5, 5.41) is 2.64. The van der Waals surface area contributed by atoms with Crippen LogP contribution in [-0.4, -0.2) is 0 Å². The molecule has 4 rings (SSSR count). The molecule has 0 heteroatoms. The van der Waals surface area contributed by atoms with Gasteiger partial charge in [0.05, 0.1) is 0 Å². The van der Waals surface area contributed by atoms with E-state index in [0.29, 0.717) is 0 Å². The average Bonchev–Trinajstić information content (AvgIpc) is 2.69. The molecule has 0 heterocycles. The lowest BCUT2D eigenvalue weighted by molar-refractivity contribution is 1.46. The molecule has 4 aromatic rings. The highest BCUT2D eigenvalue weighted by atomic mass is 14.1. The average molecular weight is 334 g/mol. The van der Waals surface area contributed by atoms with Crippen molar-refractivity contribution in [2.45, 2.75) is 13.8 Å². The molecule has 0 fully saturated rings. The van der Waals surface area contributed by atoms with Gasteiger partial charge in [-0.05, 0) is 52.4 Å². The van der Waals surface area contributed by atoms with E-state index in [1.807, 2.05) is 0 Å². The van der Waals surface area contributed by atoms with Crippen molar-refractivity contribution in [2.24, 2.45) is 0 Å². The number of benzene rings is 4. The van der Waals surface area contributed by atoms with Crippen molar-refractivity contribution in [1.29, 1.82) is 0 Å². The Kier molecular flexibility index (Phi) is 4.41. The van der Waals surface area contributed by atoms with Crippen LogP contribution in [0.1, 0.15) is 22.3 Å². The second kappa shape index (κ2) is 7.01. The monoisotopic (exact) mass is 334 g/mol. The van der Waals surface area contributed by atoms with Gasteiger partial charge in [-0.15, -0.1) is 0 Å². The highest BCUT2D eigenvalue weighted by Gasteiger charge is 2.05. The van der Waals surface area contributed by atoms with Crippen LogP contribution in [0, 0.1) is 13.8 Å². The van der Waals surface area contributed by atoms with Crippen LogP contribution in [0.15, 0.2) is 84.9 Å². The van der Waals surface area contributed by atoms with Crippen molar-refractivity contribution < 1.29 is 0 Å². The number of fused-ring (bicyclic) bond motifs is 1. The van der Waals surface area contributed by atoms with Gasteiger partial charge in [-0.3, -0.25) is 0 Å². The summed E-state index contributed by atoms with van der Waals surface area (Å²) in [5.41, 5.74) is 7.60. The van der Waals surface area contributed by atoms with Gasteiger partial charge in [-0.2, -0.15) is 0 Å². The Labute approximate surface area is 155 Å². The Morgan fingerprint density at radius 3 is 1.77 bits per heavy atom. The van der Waals surface area contributed by atoms with Crippen molar-refractivity contribution in [3.05, 3.63) is 107 Å². The van der Waals surface area contributed by atoms with Crippen LogP contribution in [0.2, 0.25) is 0 Å². The van der Waals surface area contributed by atoms with E-state index in [9.17, 15) is 0 Å². The van der Waals surface area contributed by atoms with Gasteiger partial charge in [0.15, 0.2) is 0 Å². The first-order valence-electron chi connectivity index (χ1n) is 9.04. The fourth-order valence-electron chi connectivity index (χ4n) is 3.35. The van der Waals surface area contributed by atoms with Crippen LogP contribution < -0.4 is 0 Å². The predicted molar refractivity (Wildman–Crippen MR) is 114 cm³/mol. The normalized spacial score (nSPS) is 11.3. The maximum absolute atomic E-state index is 2.23. The van der Waals surface area contributed by atoms with E-state index in [-0.39, 0.29) is 0 Å². The fraction of sp³-hybridized carbons (Fsp3) is 0.0769. The summed E-state index contributed by atoms with van der Waals surface area (Å²) in [6.07, 6.45) is 4.33. The van der Waals surface area contributed by atoms with E-state index in [4.69, 9.17) is 0 Å². The van der Waals surface area contributed by atoms with E-state index < -0.39 is 0 Å². The molecule has 0 saturated carbocycles. The van der Waals surface area contributed by atoms with Crippen molar-refractivity contribution >= 4 is 22.9 Å². The fourth-order valence-corrected chi connectivity index (χ4v) is 3.35. The first-order valence-corrected chi connectivity index (χ1v) is 9.04. The molecular weight excluding hydrogens is 312 g/mol. The molecule has 0 bridgehead atoms. The van der Waals surface area contributed by atoms with Crippen LogP contribution >= 0.6 is 0 Å². The zero-order chi connectivity index (χ0) is 17.9. The summed E-state index contributed by atoms with van der Waals surface area (Å²) < 4.78 is 0. The number of hydrogen-bond donors (Lipinski definition) is 0. The van der Waals surface area contributed by atoms with Crippen molar-refractivity contribution in [1.82, 2.24) is 0 Å². The first-order chi connectivity index (χ1) is 12.7. The Bertz CT molecular complexity index is 1070. The standard InChI is InChI=1S/C26H22/c1-19-7-10-21(11-8-19)12-13-22-14-16-23(17-15-22)25-18-9-20(2)24-5-3-4-6-26(24)25/h3-18H,1-2H3/b13-12+. The zero-order valence-electron chi connectivity index (χ0n) is 15.2. The third kappa shape index (κ3) is 3.32. The van der Waals surface area contributed by atoms with Gasteiger partial charge in [0.1, 0.15) is 0 Å². The quantitative estimate of drug-likeness (QED) is 0.345. The van der Waals surface area contributed by atoms with E-state index >= 15 is 0 Å². The third-order valence-corrected chi connectivity index (χ3v) is 4.91. The summed E-state index contributed by atoms with van der Waals surface area (Å²) in [5.74, 6) is 0. The van der Waals surface area contributed by atoms with Crippen LogP contribution in [0.5, 0.6) is 0 Å². The lowest BCUT2D eigenvalue weighted by atomic mass is 9.95. The Morgan fingerprint density at radius 2 is 1.12 bits per heavy atom. The molecule has 0 spiro atoms. The van der Waals surface area contributed by atoms with Crippen LogP contribution in [0.4, 0.5) is 0 Å². The Balaban J connectivity index is 1.64. The minimum absolute atomic E-state index is 1.21. The van der Waals surface area contributed by atoms with E-state index in [0.717, 1.165) is 0 Å². The minimum atomic E-state index is 1.21. The molecule has 126 valence electrons. The summed E-state index contributed by atoms with van der Waals surface area (Å²) in [6.45, 7) is 4.28. The Morgan fingerprint density at radius 1 is 0.538 bits per heavy atom. The number of hydrogen-bond acceptors (Lipinski definition) is 0. The van der Waals surface area contributed by atoms with Gasteiger partial charge >= 0.3 is 0 Å². The summed E-state index contributed by atoms with van der Waals surface area (Å²) in [6, 6.07) is 30.5. The summed E-state index contributed by atoms with van der Waals surface area (Å²) >= 11 is 0. The maximum atomic E-state index is 2.23. The van der Waals surface area contributed by atoms with Gasteiger partial charge in [-0.25, -0.2) is 0 Å². The summed E-state index contributed by atoms with van der Waals surface area (Å²) in [4.78, 5) is 0. The molecule has 0 N–H and O–H groups in total. The number of rotatable bonds is 3. The molecule has 0 unspecified atom stereocenters. The van der Waals surface area contributed by atoms with E-state index in [2.05, 4.69) is 111 Å². The van der Waals surface area contributed by atoms with Crippen LogP contribution in [-0.2, 0) is 0 Å². The molecule has 0 saturated heterocycles. The highest BCUT2D eigenvalue weighted by Crippen LogP contribution is 2.30. The molecule has 0 aliphatic carbocycles. The maximum Gasteiger partial charge on any atom is -0.0103 e. The van der Waals surface area contributed by atoms with Crippen LogP contribution in [0.3, 0.4) is 0 Å². The van der Waals surface area contributed by atoms with E-state index in [1.165, 1.54) is 44.2 Å². The molecule has 0 amide bonds. The van der Waals surface area contributed by atoms with Crippen LogP contribution in [0.25, 0.3) is 34.1 Å². The second-order valence-electron chi connectivity index (χ2n) is 6.84. The molecule has 0 aliphatic heterocycles. The first kappa shape index (κ1) is 16.4. The largest absolute Gasteiger partial charge is 0.0616 e. The van der Waals surface area contributed by atoms with Gasteiger partial charge in [0.2, 0.25) is 0 Å². The SMILES string of the molecule is Cc1ccc(/C=C/c2ccc(-c3ccc(C)c4ccccc34)cc2)cc1. The molecule has 0 atom stereocenters. The molecule has 0 radical (unpaired) electrons. The second-order valence-corrected chi connectivity index (χ2v) is 6.84. The van der Waals surface area contributed by atoms with Gasteiger partial charge < -0.3 is 0 Å². The predicted octanol–water partition coefficient (Wildman–Crippen LogP) is 7.29. The number of aryl methyl sites for hydroxylation is 2. The topological polar surface area (TPSA) is 0 Å². The third-order valence-electron chi connectivity index (χ3n) is 4.91. The zero-order valence-corrected chi connectivity index (χ0v) is 15.2. The molecule has 26 heavy (non-hydrogen) atoms. The Hall–Kier alpha value is -3.12. The molecule has 0 aliphatic rings. The molecular formula is C26H22. The van der Waals surface area contributed by atoms with E-state index in [1.54, 1.807) is 0 Å². The molecule has 0 aromatic heterocycles. The van der Waals surface area contributed by atoms with Gasteiger partial charge in [0.25, 0.3) is 0 Å².